The van der Waals surface area contributed by atoms with E-state index in [1.807, 2.05) is 6.07 Å². The summed E-state index contributed by atoms with van der Waals surface area (Å²) in [5.41, 5.74) is 1.28. The fourth-order valence-corrected chi connectivity index (χ4v) is 3.33. The molecule has 3 rings (SSSR count). The smallest absolute Gasteiger partial charge is 0.268 e. The first-order valence-corrected chi connectivity index (χ1v) is 8.90. The molecule has 0 aliphatic carbocycles. The summed E-state index contributed by atoms with van der Waals surface area (Å²) in [5.74, 6) is -0.555. The van der Waals surface area contributed by atoms with Gasteiger partial charge in [0.2, 0.25) is 5.13 Å². The van der Waals surface area contributed by atoms with Gasteiger partial charge in [0.15, 0.2) is 0 Å². The van der Waals surface area contributed by atoms with Crippen LogP contribution in [0.4, 0.5) is 5.13 Å². The molecule has 0 spiro atoms. The number of hydrogen-bond donors (Lipinski definition) is 1. The number of benzene rings is 1. The van der Waals surface area contributed by atoms with Crippen molar-refractivity contribution < 1.29 is 4.79 Å². The predicted molar refractivity (Wildman–Crippen MR) is 103 cm³/mol. The number of anilines is 1. The van der Waals surface area contributed by atoms with E-state index in [0.717, 1.165) is 10.7 Å². The number of rotatable bonds is 4. The zero-order valence-electron chi connectivity index (χ0n) is 13.4. The minimum atomic E-state index is -0.555. The van der Waals surface area contributed by atoms with Crippen LogP contribution in [0.5, 0.6) is 0 Å². The molecule has 1 amide bonds. The molecule has 2 heterocycles. The highest BCUT2D eigenvalue weighted by Crippen LogP contribution is 2.24. The molecule has 26 heavy (non-hydrogen) atoms. The lowest BCUT2D eigenvalue weighted by atomic mass is 10.2. The Morgan fingerprint density at radius 1 is 1.31 bits per heavy atom. The van der Waals surface area contributed by atoms with Gasteiger partial charge in [0.05, 0.1) is 0 Å². The van der Waals surface area contributed by atoms with Gasteiger partial charge in [-0.2, -0.15) is 5.26 Å². The van der Waals surface area contributed by atoms with Crippen molar-refractivity contribution in [2.75, 3.05) is 5.32 Å². The molecule has 0 radical (unpaired) electrons. The Bertz CT molecular complexity index is 1030. The molecule has 0 fully saturated rings. The average molecular weight is 404 g/mol. The molecule has 0 unspecified atom stereocenters. The molecular weight excluding hydrogens is 393 g/mol. The van der Waals surface area contributed by atoms with Crippen LogP contribution in [0.25, 0.3) is 11.8 Å². The maximum Gasteiger partial charge on any atom is 0.268 e. The third-order valence-electron chi connectivity index (χ3n) is 3.31. The number of aromatic nitrogens is 3. The third kappa shape index (κ3) is 4.11. The van der Waals surface area contributed by atoms with Gasteiger partial charge in [0, 0.05) is 27.6 Å². The average Bonchev–Trinajstić information content (AvgIpc) is 3.20. The number of hydrogen-bond acceptors (Lipinski definition) is 5. The van der Waals surface area contributed by atoms with Crippen LogP contribution in [0.2, 0.25) is 10.0 Å². The van der Waals surface area contributed by atoms with Crippen LogP contribution in [0.3, 0.4) is 0 Å². The van der Waals surface area contributed by atoms with Gasteiger partial charge in [-0.1, -0.05) is 34.5 Å². The minimum Gasteiger partial charge on any atom is -0.317 e. The van der Waals surface area contributed by atoms with Crippen LogP contribution < -0.4 is 5.32 Å². The number of nitrogens with one attached hydrogen (secondary N) is 1. The summed E-state index contributed by atoms with van der Waals surface area (Å²) in [6, 6.07) is 10.6. The minimum absolute atomic E-state index is 0.0640. The molecule has 0 saturated heterocycles. The van der Waals surface area contributed by atoms with E-state index in [1.54, 1.807) is 48.0 Å². The Balaban J connectivity index is 1.92. The van der Waals surface area contributed by atoms with Crippen LogP contribution >= 0.6 is 34.5 Å². The fraction of sp³-hybridized carbons (Fsp3) is 0.0588. The van der Waals surface area contributed by atoms with E-state index in [4.69, 9.17) is 23.2 Å². The summed E-state index contributed by atoms with van der Waals surface area (Å²) in [4.78, 5) is 12.3. The zero-order valence-corrected chi connectivity index (χ0v) is 15.7. The SMILES string of the molecule is Cc1nnc(NC(=O)/C(C#N)=C\c2cccn2-c2cc(Cl)cc(Cl)c2)s1. The van der Waals surface area contributed by atoms with Crippen molar-refractivity contribution in [3.05, 3.63) is 62.8 Å². The van der Waals surface area contributed by atoms with Crippen LogP contribution in [0.1, 0.15) is 10.7 Å². The predicted octanol–water partition coefficient (Wildman–Crippen LogP) is 4.49. The van der Waals surface area contributed by atoms with E-state index in [-0.39, 0.29) is 5.57 Å². The lowest BCUT2D eigenvalue weighted by molar-refractivity contribution is -0.112. The molecular formula is C17H11Cl2N5OS. The van der Waals surface area contributed by atoms with Gasteiger partial charge >= 0.3 is 0 Å². The quantitative estimate of drug-likeness (QED) is 0.513. The van der Waals surface area contributed by atoms with E-state index >= 15 is 0 Å². The van der Waals surface area contributed by atoms with Crippen molar-refractivity contribution in [2.24, 2.45) is 0 Å². The van der Waals surface area contributed by atoms with Crippen LogP contribution in [-0.2, 0) is 4.79 Å². The number of aryl methyl sites for hydroxylation is 1. The van der Waals surface area contributed by atoms with E-state index in [9.17, 15) is 10.1 Å². The van der Waals surface area contributed by atoms with Crippen LogP contribution in [-0.4, -0.2) is 20.7 Å². The molecule has 0 aliphatic rings. The fourth-order valence-electron chi connectivity index (χ4n) is 2.23. The van der Waals surface area contributed by atoms with Crippen molar-refractivity contribution in [3.8, 4) is 11.8 Å². The molecule has 0 saturated carbocycles. The van der Waals surface area contributed by atoms with Crippen LogP contribution in [0.15, 0.2) is 42.1 Å². The number of nitrogens with zero attached hydrogens (tertiary/aromatic N) is 4. The number of halogens is 2. The molecule has 6 nitrogen and oxygen atoms in total. The second-order valence-corrected chi connectivity index (χ2v) is 7.24. The summed E-state index contributed by atoms with van der Waals surface area (Å²) in [7, 11) is 0. The molecule has 3 aromatic rings. The number of amides is 1. The van der Waals surface area contributed by atoms with Crippen molar-refractivity contribution in [2.45, 2.75) is 6.92 Å². The maximum atomic E-state index is 12.3. The third-order valence-corrected chi connectivity index (χ3v) is 4.50. The highest BCUT2D eigenvalue weighted by Gasteiger charge is 2.13. The first-order chi connectivity index (χ1) is 12.5. The van der Waals surface area contributed by atoms with E-state index in [1.165, 1.54) is 17.4 Å². The van der Waals surface area contributed by atoms with Gasteiger partial charge in [0.1, 0.15) is 16.6 Å². The second-order valence-electron chi connectivity index (χ2n) is 5.18. The zero-order chi connectivity index (χ0) is 18.7. The van der Waals surface area contributed by atoms with Gasteiger partial charge in [0.25, 0.3) is 5.91 Å². The first-order valence-electron chi connectivity index (χ1n) is 7.33. The van der Waals surface area contributed by atoms with Gasteiger partial charge in [-0.25, -0.2) is 0 Å². The summed E-state index contributed by atoms with van der Waals surface area (Å²) in [6.45, 7) is 1.78. The topological polar surface area (TPSA) is 83.6 Å². The Hall–Kier alpha value is -2.66. The highest BCUT2D eigenvalue weighted by molar-refractivity contribution is 7.15. The molecule has 1 N–H and O–H groups in total. The Kier molecular flexibility index (Phi) is 5.38. The largest absolute Gasteiger partial charge is 0.317 e. The van der Waals surface area contributed by atoms with Gasteiger partial charge in [-0.3, -0.25) is 10.1 Å². The van der Waals surface area contributed by atoms with E-state index in [0.29, 0.717) is 20.9 Å². The number of nitriles is 1. The Labute approximate surface area is 163 Å². The number of carbonyl (C=O) groups excluding carboxylic acids is 1. The van der Waals surface area contributed by atoms with Gasteiger partial charge in [-0.05, 0) is 43.3 Å². The number of carbonyl (C=O) groups is 1. The highest BCUT2D eigenvalue weighted by atomic mass is 35.5. The molecule has 9 heteroatoms. The maximum absolute atomic E-state index is 12.3. The lowest BCUT2D eigenvalue weighted by Gasteiger charge is -2.08. The van der Waals surface area contributed by atoms with E-state index in [2.05, 4.69) is 15.5 Å². The van der Waals surface area contributed by atoms with Gasteiger partial charge in [-0.15, -0.1) is 10.2 Å². The molecule has 2 aromatic heterocycles. The monoisotopic (exact) mass is 403 g/mol. The van der Waals surface area contributed by atoms with Crippen molar-refractivity contribution >= 4 is 51.7 Å². The van der Waals surface area contributed by atoms with Crippen molar-refractivity contribution in [1.29, 1.82) is 5.26 Å². The summed E-state index contributed by atoms with van der Waals surface area (Å²) in [6.07, 6.45) is 3.27. The molecule has 130 valence electrons. The Morgan fingerprint density at radius 2 is 2.04 bits per heavy atom. The van der Waals surface area contributed by atoms with Crippen molar-refractivity contribution in [3.63, 3.8) is 0 Å². The lowest BCUT2D eigenvalue weighted by Crippen LogP contribution is -2.13. The molecule has 1 aromatic carbocycles. The van der Waals surface area contributed by atoms with Gasteiger partial charge < -0.3 is 4.57 Å². The van der Waals surface area contributed by atoms with Crippen molar-refractivity contribution in [1.82, 2.24) is 14.8 Å². The second kappa shape index (κ2) is 7.70. The normalized spacial score (nSPS) is 11.2. The standard InChI is InChI=1S/C17H11Cl2N5OS/c1-10-22-23-17(26-10)21-16(25)11(9-20)5-14-3-2-4-24(14)15-7-12(18)6-13(19)8-15/h2-8H,1H3,(H,21,23,25)/b11-5-. The van der Waals surface area contributed by atoms with E-state index < -0.39 is 5.91 Å². The summed E-state index contributed by atoms with van der Waals surface area (Å²) < 4.78 is 1.78. The first kappa shape index (κ1) is 18.1. The molecule has 0 aliphatic heterocycles. The molecule has 0 bridgehead atoms. The Morgan fingerprint density at radius 3 is 2.65 bits per heavy atom. The summed E-state index contributed by atoms with van der Waals surface area (Å²) in [5, 5.41) is 21.6. The van der Waals surface area contributed by atoms with Crippen LogP contribution in [0, 0.1) is 18.3 Å². The molecule has 0 atom stereocenters. The summed E-state index contributed by atoms with van der Waals surface area (Å²) >= 11 is 13.3.